The number of carbonyl (C=O) groups is 1. The standard InChI is InChI=1S/C20H24N6O3S/c1-3-25(4-2)30(28,29)19-11-7-17(8-12-19)24-20(27)13-22-16-5-9-18(10-6-16)26-15-21-14-23-26/h5-12,14-15,22H,3-4,13H2,1-2H3,(H,24,27). The van der Waals surface area contributed by atoms with Gasteiger partial charge in [0.25, 0.3) is 0 Å². The molecule has 0 aliphatic carbocycles. The van der Waals surface area contributed by atoms with Crippen molar-refractivity contribution in [2.24, 2.45) is 0 Å². The minimum Gasteiger partial charge on any atom is -0.376 e. The molecule has 158 valence electrons. The van der Waals surface area contributed by atoms with Gasteiger partial charge in [0.1, 0.15) is 12.7 Å². The second-order valence-electron chi connectivity index (χ2n) is 6.40. The number of hydrogen-bond donors (Lipinski definition) is 2. The molecule has 0 fully saturated rings. The minimum absolute atomic E-state index is 0.0716. The average molecular weight is 429 g/mol. The molecule has 1 amide bonds. The number of nitrogens with zero attached hydrogens (tertiary/aromatic N) is 4. The second-order valence-corrected chi connectivity index (χ2v) is 8.34. The number of nitrogens with one attached hydrogen (secondary N) is 2. The van der Waals surface area contributed by atoms with Crippen LogP contribution in [-0.2, 0) is 14.8 Å². The van der Waals surface area contributed by atoms with Crippen LogP contribution in [0.15, 0.2) is 66.1 Å². The van der Waals surface area contributed by atoms with E-state index in [-0.39, 0.29) is 17.3 Å². The van der Waals surface area contributed by atoms with Gasteiger partial charge in [-0.2, -0.15) is 9.40 Å². The highest BCUT2D eigenvalue weighted by Gasteiger charge is 2.21. The predicted molar refractivity (Wildman–Crippen MR) is 115 cm³/mol. The first-order valence-electron chi connectivity index (χ1n) is 9.53. The molecule has 3 aromatic rings. The molecule has 0 aliphatic heterocycles. The molecule has 0 aliphatic rings. The third-order valence-electron chi connectivity index (χ3n) is 4.48. The summed E-state index contributed by atoms with van der Waals surface area (Å²) in [6, 6.07) is 13.6. The highest BCUT2D eigenvalue weighted by Crippen LogP contribution is 2.18. The van der Waals surface area contributed by atoms with Gasteiger partial charge in [0, 0.05) is 24.5 Å². The normalized spacial score (nSPS) is 11.4. The topological polar surface area (TPSA) is 109 Å². The van der Waals surface area contributed by atoms with Crippen LogP contribution < -0.4 is 10.6 Å². The van der Waals surface area contributed by atoms with Crippen LogP contribution >= 0.6 is 0 Å². The first-order valence-corrected chi connectivity index (χ1v) is 11.0. The quantitative estimate of drug-likeness (QED) is 0.541. The maximum absolute atomic E-state index is 12.5. The molecule has 1 aromatic heterocycles. The lowest BCUT2D eigenvalue weighted by molar-refractivity contribution is -0.114. The highest BCUT2D eigenvalue weighted by atomic mass is 32.2. The maximum Gasteiger partial charge on any atom is 0.243 e. The Labute approximate surface area is 175 Å². The van der Waals surface area contributed by atoms with Crippen LogP contribution in [0.3, 0.4) is 0 Å². The van der Waals surface area contributed by atoms with Crippen molar-refractivity contribution < 1.29 is 13.2 Å². The number of hydrogen-bond acceptors (Lipinski definition) is 6. The average Bonchev–Trinajstić information content (AvgIpc) is 3.29. The van der Waals surface area contributed by atoms with Crippen molar-refractivity contribution in [3.05, 3.63) is 61.2 Å². The molecule has 2 N–H and O–H groups in total. The number of rotatable bonds is 9. The molecule has 0 saturated heterocycles. The van der Waals surface area contributed by atoms with Gasteiger partial charge in [0.05, 0.1) is 17.1 Å². The Morgan fingerprint density at radius 3 is 2.20 bits per heavy atom. The summed E-state index contributed by atoms with van der Waals surface area (Å²) in [5.74, 6) is -0.241. The summed E-state index contributed by atoms with van der Waals surface area (Å²) in [5.41, 5.74) is 2.18. The Hall–Kier alpha value is -3.24. The van der Waals surface area contributed by atoms with Crippen LogP contribution in [0.1, 0.15) is 13.8 Å². The smallest absolute Gasteiger partial charge is 0.243 e. The van der Waals surface area contributed by atoms with Gasteiger partial charge in [-0.3, -0.25) is 4.79 Å². The minimum atomic E-state index is -3.51. The number of sulfonamides is 1. The van der Waals surface area contributed by atoms with E-state index in [1.165, 1.54) is 22.8 Å². The molecule has 0 bridgehead atoms. The Balaban J connectivity index is 1.55. The van der Waals surface area contributed by atoms with Gasteiger partial charge in [0.15, 0.2) is 0 Å². The third-order valence-corrected chi connectivity index (χ3v) is 6.55. The summed E-state index contributed by atoms with van der Waals surface area (Å²) in [5, 5.41) is 9.85. The summed E-state index contributed by atoms with van der Waals surface area (Å²) >= 11 is 0. The number of benzene rings is 2. The second kappa shape index (κ2) is 9.51. The zero-order valence-corrected chi connectivity index (χ0v) is 17.6. The highest BCUT2D eigenvalue weighted by molar-refractivity contribution is 7.89. The van der Waals surface area contributed by atoms with Gasteiger partial charge in [-0.25, -0.2) is 18.1 Å². The summed E-state index contributed by atoms with van der Waals surface area (Å²) in [7, 11) is -3.51. The van der Waals surface area contributed by atoms with Crippen molar-refractivity contribution in [3.63, 3.8) is 0 Å². The number of amides is 1. The fourth-order valence-corrected chi connectivity index (χ4v) is 4.34. The number of anilines is 2. The molecular weight excluding hydrogens is 404 g/mol. The van der Waals surface area contributed by atoms with Gasteiger partial charge in [-0.05, 0) is 48.5 Å². The van der Waals surface area contributed by atoms with Crippen molar-refractivity contribution in [2.45, 2.75) is 18.7 Å². The van der Waals surface area contributed by atoms with Crippen LogP contribution in [0.25, 0.3) is 5.69 Å². The Kier molecular flexibility index (Phi) is 6.80. The lowest BCUT2D eigenvalue weighted by Gasteiger charge is -2.18. The SMILES string of the molecule is CCN(CC)S(=O)(=O)c1ccc(NC(=O)CNc2ccc(-n3cncn3)cc2)cc1. The van der Waals surface area contributed by atoms with Crippen molar-refractivity contribution >= 4 is 27.3 Å². The van der Waals surface area contributed by atoms with Crippen molar-refractivity contribution in [2.75, 3.05) is 30.3 Å². The predicted octanol–water partition coefficient (Wildman–Crippen LogP) is 2.35. The van der Waals surface area contributed by atoms with Crippen LogP contribution in [0, 0.1) is 0 Å². The summed E-state index contributed by atoms with van der Waals surface area (Å²) < 4.78 is 28.0. The number of aromatic nitrogens is 3. The van der Waals surface area contributed by atoms with Gasteiger partial charge < -0.3 is 10.6 Å². The first kappa shape index (κ1) is 21.5. The van der Waals surface area contributed by atoms with Crippen LogP contribution in [-0.4, -0.2) is 53.0 Å². The molecule has 0 spiro atoms. The first-order chi connectivity index (χ1) is 14.4. The van der Waals surface area contributed by atoms with Gasteiger partial charge in [0.2, 0.25) is 15.9 Å². The van der Waals surface area contributed by atoms with Crippen molar-refractivity contribution in [1.82, 2.24) is 19.1 Å². The van der Waals surface area contributed by atoms with E-state index in [0.29, 0.717) is 18.8 Å². The van der Waals surface area contributed by atoms with E-state index in [4.69, 9.17) is 0 Å². The summed E-state index contributed by atoms with van der Waals surface area (Å²) in [6.45, 7) is 4.48. The largest absolute Gasteiger partial charge is 0.376 e. The van der Waals surface area contributed by atoms with Crippen LogP contribution in [0.2, 0.25) is 0 Å². The lowest BCUT2D eigenvalue weighted by Crippen LogP contribution is -2.30. The molecule has 0 unspecified atom stereocenters. The molecular formula is C20H24N6O3S. The van der Waals surface area contributed by atoms with Gasteiger partial charge in [-0.1, -0.05) is 13.8 Å². The van der Waals surface area contributed by atoms with E-state index in [0.717, 1.165) is 11.4 Å². The molecule has 10 heteroatoms. The molecule has 1 heterocycles. The van der Waals surface area contributed by atoms with E-state index in [1.807, 2.05) is 24.3 Å². The Morgan fingerprint density at radius 2 is 1.63 bits per heavy atom. The van der Waals surface area contributed by atoms with E-state index >= 15 is 0 Å². The van der Waals surface area contributed by atoms with Gasteiger partial charge in [-0.15, -0.1) is 0 Å². The molecule has 3 rings (SSSR count). The lowest BCUT2D eigenvalue weighted by atomic mass is 10.3. The number of carbonyl (C=O) groups excluding carboxylic acids is 1. The molecule has 0 radical (unpaired) electrons. The van der Waals surface area contributed by atoms with Gasteiger partial charge >= 0.3 is 0 Å². The van der Waals surface area contributed by atoms with Crippen LogP contribution in [0.5, 0.6) is 0 Å². The molecule has 2 aromatic carbocycles. The summed E-state index contributed by atoms with van der Waals surface area (Å²) in [6.07, 6.45) is 3.07. The van der Waals surface area contributed by atoms with Crippen molar-refractivity contribution in [3.8, 4) is 5.69 Å². The fraction of sp³-hybridized carbons (Fsp3) is 0.250. The zero-order chi connectivity index (χ0) is 21.6. The molecule has 0 atom stereocenters. The van der Waals surface area contributed by atoms with E-state index in [2.05, 4.69) is 20.7 Å². The Bertz CT molecular complexity index is 1060. The molecule has 0 saturated carbocycles. The van der Waals surface area contributed by atoms with E-state index < -0.39 is 10.0 Å². The van der Waals surface area contributed by atoms with Crippen molar-refractivity contribution in [1.29, 1.82) is 0 Å². The monoisotopic (exact) mass is 428 g/mol. The van der Waals surface area contributed by atoms with E-state index in [9.17, 15) is 13.2 Å². The fourth-order valence-electron chi connectivity index (χ4n) is 2.88. The summed E-state index contributed by atoms with van der Waals surface area (Å²) in [4.78, 5) is 16.3. The third kappa shape index (κ3) is 5.02. The van der Waals surface area contributed by atoms with Crippen LogP contribution in [0.4, 0.5) is 11.4 Å². The Morgan fingerprint density at radius 1 is 1.00 bits per heavy atom. The zero-order valence-electron chi connectivity index (χ0n) is 16.8. The maximum atomic E-state index is 12.5. The molecule has 30 heavy (non-hydrogen) atoms. The molecule has 9 nitrogen and oxygen atoms in total. The van der Waals surface area contributed by atoms with E-state index in [1.54, 1.807) is 37.0 Å².